The number of likely N-dealkylation sites (tertiary alicyclic amines) is 1. The number of hydrogen-bond donors (Lipinski definition) is 1. The van der Waals surface area contributed by atoms with Crippen molar-refractivity contribution in [3.63, 3.8) is 0 Å². The number of nitrogens with one attached hydrogen (secondary N) is 1. The first-order valence-electron chi connectivity index (χ1n) is 6.78. The average Bonchev–Trinajstić information content (AvgIpc) is 2.99. The van der Waals surface area contributed by atoms with Crippen molar-refractivity contribution in [2.45, 2.75) is 32.4 Å². The number of benzene rings is 1. The topological polar surface area (TPSA) is 24.0 Å². The summed E-state index contributed by atoms with van der Waals surface area (Å²) in [4.78, 5) is 5.76. The molecule has 102 valence electrons. The third-order valence-electron chi connectivity index (χ3n) is 3.95. The van der Waals surface area contributed by atoms with Gasteiger partial charge in [0.1, 0.15) is 0 Å². The molecule has 0 radical (unpaired) electrons. The lowest BCUT2D eigenvalue weighted by Gasteiger charge is -2.24. The molecule has 1 aromatic heterocycles. The first-order valence-corrected chi connectivity index (χ1v) is 7.56. The Balaban J connectivity index is 1.96. The zero-order valence-corrected chi connectivity index (χ0v) is 12.6. The van der Waals surface area contributed by atoms with Crippen molar-refractivity contribution in [2.75, 3.05) is 13.1 Å². The highest BCUT2D eigenvalue weighted by atomic mass is 35.5. The monoisotopic (exact) mass is 295 g/mol. The Labute approximate surface area is 123 Å². The molecule has 0 aliphatic carbocycles. The molecular weight excluding hydrogens is 278 g/mol. The lowest BCUT2D eigenvalue weighted by molar-refractivity contribution is 0.237. The number of fused-ring (bicyclic) bond motifs is 1. The highest BCUT2D eigenvalue weighted by Gasteiger charge is 2.19. The van der Waals surface area contributed by atoms with E-state index in [1.807, 2.05) is 18.2 Å². The van der Waals surface area contributed by atoms with Crippen LogP contribution in [0.1, 0.15) is 19.8 Å². The number of para-hydroxylation sites is 1. The highest BCUT2D eigenvalue weighted by molar-refractivity contribution is 7.71. The summed E-state index contributed by atoms with van der Waals surface area (Å²) in [5, 5.41) is 0.762. The molecule has 1 saturated heterocycles. The van der Waals surface area contributed by atoms with Crippen LogP contribution in [0.25, 0.3) is 11.0 Å². The number of H-pyrrole nitrogens is 1. The van der Waals surface area contributed by atoms with Gasteiger partial charge in [0.05, 0.1) is 16.1 Å². The van der Waals surface area contributed by atoms with Crippen LogP contribution in [0.3, 0.4) is 0 Å². The van der Waals surface area contributed by atoms with E-state index < -0.39 is 0 Å². The minimum Gasteiger partial charge on any atom is -0.331 e. The number of aromatic amines is 1. The Hall–Kier alpha value is -0.840. The molecule has 0 spiro atoms. The second kappa shape index (κ2) is 5.27. The van der Waals surface area contributed by atoms with Gasteiger partial charge in [0.25, 0.3) is 0 Å². The van der Waals surface area contributed by atoms with Gasteiger partial charge in [0, 0.05) is 12.6 Å². The molecule has 0 saturated carbocycles. The van der Waals surface area contributed by atoms with Gasteiger partial charge < -0.3 is 9.55 Å². The lowest BCUT2D eigenvalue weighted by atomic mass is 10.2. The maximum Gasteiger partial charge on any atom is 0.178 e. The van der Waals surface area contributed by atoms with Gasteiger partial charge in [-0.3, -0.25) is 4.90 Å². The van der Waals surface area contributed by atoms with Crippen molar-refractivity contribution in [3.8, 4) is 0 Å². The van der Waals surface area contributed by atoms with E-state index in [1.54, 1.807) is 0 Å². The molecule has 5 heteroatoms. The van der Waals surface area contributed by atoms with Crippen molar-refractivity contribution < 1.29 is 0 Å². The van der Waals surface area contributed by atoms with Crippen LogP contribution < -0.4 is 0 Å². The largest absolute Gasteiger partial charge is 0.331 e. The maximum atomic E-state index is 6.32. The molecule has 2 aromatic rings. The zero-order valence-electron chi connectivity index (χ0n) is 11.0. The van der Waals surface area contributed by atoms with Gasteiger partial charge in [-0.15, -0.1) is 0 Å². The summed E-state index contributed by atoms with van der Waals surface area (Å²) in [6.07, 6.45) is 2.62. The van der Waals surface area contributed by atoms with Crippen molar-refractivity contribution >= 4 is 34.9 Å². The van der Waals surface area contributed by atoms with Crippen LogP contribution >= 0.6 is 23.8 Å². The number of halogens is 1. The molecule has 1 fully saturated rings. The van der Waals surface area contributed by atoms with Crippen molar-refractivity contribution in [2.24, 2.45) is 0 Å². The second-order valence-corrected chi connectivity index (χ2v) is 6.06. The summed E-state index contributed by atoms with van der Waals surface area (Å²) in [6.45, 7) is 5.56. The van der Waals surface area contributed by atoms with E-state index in [0.717, 1.165) is 27.4 Å². The molecule has 1 N–H and O–H groups in total. The smallest absolute Gasteiger partial charge is 0.178 e. The average molecular weight is 296 g/mol. The molecule has 0 amide bonds. The fourth-order valence-corrected chi connectivity index (χ4v) is 3.46. The summed E-state index contributed by atoms with van der Waals surface area (Å²) in [5.74, 6) is 0. The van der Waals surface area contributed by atoms with E-state index >= 15 is 0 Å². The molecular formula is C14H18ClN3S. The summed E-state index contributed by atoms with van der Waals surface area (Å²) in [5.41, 5.74) is 2.05. The maximum absolute atomic E-state index is 6.32. The number of rotatable bonds is 3. The molecule has 2 heterocycles. The molecule has 1 aromatic carbocycles. The van der Waals surface area contributed by atoms with Crippen LogP contribution in [0.15, 0.2) is 18.2 Å². The van der Waals surface area contributed by atoms with E-state index in [2.05, 4.69) is 21.4 Å². The summed E-state index contributed by atoms with van der Waals surface area (Å²) >= 11 is 11.8. The first kappa shape index (κ1) is 13.2. The molecule has 1 unspecified atom stereocenters. The first-order chi connectivity index (χ1) is 9.16. The Kier molecular flexibility index (Phi) is 3.65. The SMILES string of the molecule is CC(Cn1c(=S)[nH]c2cccc(Cl)c21)N1CCCC1. The molecule has 19 heavy (non-hydrogen) atoms. The predicted molar refractivity (Wildman–Crippen MR) is 82.4 cm³/mol. The second-order valence-electron chi connectivity index (χ2n) is 5.27. The van der Waals surface area contributed by atoms with Gasteiger partial charge in [0.2, 0.25) is 0 Å². The standard InChI is InChI=1S/C14H18ClN3S/c1-10(17-7-2-3-8-17)9-18-13-11(15)5-4-6-12(13)16-14(18)19/h4-6,10H,2-3,7-9H2,1H3,(H,16,19). The fourth-order valence-electron chi connectivity index (χ4n) is 2.91. The van der Waals surface area contributed by atoms with Crippen molar-refractivity contribution in [1.82, 2.24) is 14.5 Å². The summed E-state index contributed by atoms with van der Waals surface area (Å²) in [6, 6.07) is 6.38. The number of aromatic nitrogens is 2. The van der Waals surface area contributed by atoms with E-state index in [9.17, 15) is 0 Å². The zero-order chi connectivity index (χ0) is 13.4. The van der Waals surface area contributed by atoms with Crippen LogP contribution in [-0.4, -0.2) is 33.6 Å². The van der Waals surface area contributed by atoms with Gasteiger partial charge in [-0.05, 0) is 57.2 Å². The third-order valence-corrected chi connectivity index (χ3v) is 4.58. The van der Waals surface area contributed by atoms with Crippen LogP contribution in [0, 0.1) is 4.77 Å². The Bertz CT molecular complexity index is 640. The normalized spacial score (nSPS) is 18.2. The van der Waals surface area contributed by atoms with Gasteiger partial charge in [-0.2, -0.15) is 0 Å². The van der Waals surface area contributed by atoms with Gasteiger partial charge in [-0.1, -0.05) is 17.7 Å². The quantitative estimate of drug-likeness (QED) is 0.870. The minimum atomic E-state index is 0.490. The summed E-state index contributed by atoms with van der Waals surface area (Å²) in [7, 11) is 0. The predicted octanol–water partition coefficient (Wildman–Crippen LogP) is 3.84. The van der Waals surface area contributed by atoms with Gasteiger partial charge in [0.15, 0.2) is 4.77 Å². The third kappa shape index (κ3) is 2.45. The van der Waals surface area contributed by atoms with Crippen LogP contribution in [0.2, 0.25) is 5.02 Å². The van der Waals surface area contributed by atoms with Crippen LogP contribution in [-0.2, 0) is 6.54 Å². The van der Waals surface area contributed by atoms with Crippen molar-refractivity contribution in [3.05, 3.63) is 28.0 Å². The molecule has 3 nitrogen and oxygen atoms in total. The Morgan fingerprint density at radius 2 is 2.11 bits per heavy atom. The number of nitrogens with zero attached hydrogens (tertiary/aromatic N) is 2. The fraction of sp³-hybridized carbons (Fsp3) is 0.500. The van der Waals surface area contributed by atoms with E-state index in [-0.39, 0.29) is 0 Å². The molecule has 1 aliphatic rings. The van der Waals surface area contributed by atoms with Crippen LogP contribution in [0.5, 0.6) is 0 Å². The van der Waals surface area contributed by atoms with Crippen LogP contribution in [0.4, 0.5) is 0 Å². The number of hydrogen-bond acceptors (Lipinski definition) is 2. The lowest BCUT2D eigenvalue weighted by Crippen LogP contribution is -2.33. The van der Waals surface area contributed by atoms with Gasteiger partial charge >= 0.3 is 0 Å². The summed E-state index contributed by atoms with van der Waals surface area (Å²) < 4.78 is 2.89. The minimum absolute atomic E-state index is 0.490. The van der Waals surface area contributed by atoms with Crippen molar-refractivity contribution in [1.29, 1.82) is 0 Å². The molecule has 3 rings (SSSR count). The molecule has 1 aliphatic heterocycles. The van der Waals surface area contributed by atoms with Gasteiger partial charge in [-0.25, -0.2) is 0 Å². The van der Waals surface area contributed by atoms with E-state index in [1.165, 1.54) is 25.9 Å². The number of imidazole rings is 1. The Morgan fingerprint density at radius 1 is 1.37 bits per heavy atom. The highest BCUT2D eigenvalue weighted by Crippen LogP contribution is 2.24. The molecule has 0 bridgehead atoms. The van der Waals surface area contributed by atoms with E-state index in [0.29, 0.717) is 6.04 Å². The van der Waals surface area contributed by atoms with E-state index in [4.69, 9.17) is 23.8 Å². The Morgan fingerprint density at radius 3 is 2.84 bits per heavy atom. The molecule has 1 atom stereocenters.